The maximum atomic E-state index is 5.47. The summed E-state index contributed by atoms with van der Waals surface area (Å²) in [5, 5.41) is 4.17. The molecule has 1 heterocycles. The van der Waals surface area contributed by atoms with Gasteiger partial charge in [0.25, 0.3) is 5.89 Å². The summed E-state index contributed by atoms with van der Waals surface area (Å²) in [7, 11) is 0. The van der Waals surface area contributed by atoms with Crippen LogP contribution in [0.3, 0.4) is 0 Å². The van der Waals surface area contributed by atoms with Crippen LogP contribution in [0.2, 0.25) is 0 Å². The summed E-state index contributed by atoms with van der Waals surface area (Å²) in [5.41, 5.74) is 4.65. The fourth-order valence-corrected chi connectivity index (χ4v) is 4.25. The lowest BCUT2D eigenvalue weighted by Crippen LogP contribution is -2.13. The Morgan fingerprint density at radius 3 is 2.22 bits per heavy atom. The first-order chi connectivity index (χ1) is 13.2. The van der Waals surface area contributed by atoms with E-state index < -0.39 is 0 Å². The molecule has 140 valence electrons. The van der Waals surface area contributed by atoms with Gasteiger partial charge in [0.15, 0.2) is 0 Å². The van der Waals surface area contributed by atoms with Gasteiger partial charge in [-0.25, -0.2) is 0 Å². The summed E-state index contributed by atoms with van der Waals surface area (Å²) in [6, 6.07) is 16.9. The van der Waals surface area contributed by atoms with Gasteiger partial charge in [0.1, 0.15) is 0 Å². The lowest BCUT2D eigenvalue weighted by molar-refractivity contribution is 0.308. The first-order valence-electron chi connectivity index (χ1n) is 10.2. The van der Waals surface area contributed by atoms with Crippen LogP contribution in [0.15, 0.2) is 53.1 Å². The van der Waals surface area contributed by atoms with Crippen molar-refractivity contribution in [2.45, 2.75) is 58.3 Å². The monoisotopic (exact) mass is 360 g/mol. The number of rotatable bonds is 5. The number of hydrogen-bond acceptors (Lipinski definition) is 3. The molecule has 2 aromatic carbocycles. The molecule has 3 heteroatoms. The molecule has 0 spiro atoms. The second-order valence-electron chi connectivity index (χ2n) is 7.92. The number of hydrogen-bond donors (Lipinski definition) is 0. The predicted molar refractivity (Wildman–Crippen MR) is 110 cm³/mol. The lowest BCUT2D eigenvalue weighted by Gasteiger charge is -2.28. The SMILES string of the molecule is CCCC1CCC(c2ccc(-c3noc(-c4ccc(C)cc4)n3)cc2)CC1. The fraction of sp³-hybridized carbons (Fsp3) is 0.417. The zero-order valence-corrected chi connectivity index (χ0v) is 16.3. The van der Waals surface area contributed by atoms with Crippen molar-refractivity contribution in [3.8, 4) is 22.8 Å². The zero-order chi connectivity index (χ0) is 18.6. The van der Waals surface area contributed by atoms with Crippen LogP contribution in [0.4, 0.5) is 0 Å². The molecule has 27 heavy (non-hydrogen) atoms. The van der Waals surface area contributed by atoms with E-state index in [0.717, 1.165) is 17.0 Å². The highest BCUT2D eigenvalue weighted by atomic mass is 16.5. The Morgan fingerprint density at radius 2 is 1.56 bits per heavy atom. The predicted octanol–water partition coefficient (Wildman–Crippen LogP) is 6.79. The quantitative estimate of drug-likeness (QED) is 0.503. The van der Waals surface area contributed by atoms with E-state index in [4.69, 9.17) is 4.52 Å². The van der Waals surface area contributed by atoms with E-state index >= 15 is 0 Å². The van der Waals surface area contributed by atoms with Crippen LogP contribution < -0.4 is 0 Å². The summed E-state index contributed by atoms with van der Waals surface area (Å²) in [5.74, 6) is 2.89. The van der Waals surface area contributed by atoms with Gasteiger partial charge in [-0.1, -0.05) is 66.9 Å². The summed E-state index contributed by atoms with van der Waals surface area (Å²) in [6.45, 7) is 4.37. The highest BCUT2D eigenvalue weighted by Crippen LogP contribution is 2.37. The highest BCUT2D eigenvalue weighted by Gasteiger charge is 2.22. The molecule has 0 bridgehead atoms. The van der Waals surface area contributed by atoms with Crippen LogP contribution in [-0.4, -0.2) is 10.1 Å². The third-order valence-electron chi connectivity index (χ3n) is 5.91. The van der Waals surface area contributed by atoms with Crippen molar-refractivity contribution in [2.75, 3.05) is 0 Å². The third kappa shape index (κ3) is 4.13. The van der Waals surface area contributed by atoms with Gasteiger partial charge in [-0.15, -0.1) is 0 Å². The maximum Gasteiger partial charge on any atom is 0.258 e. The molecular formula is C24H28N2O. The Hall–Kier alpha value is -2.42. The average Bonchev–Trinajstić information content (AvgIpc) is 3.20. The molecule has 0 amide bonds. The van der Waals surface area contributed by atoms with Crippen molar-refractivity contribution in [3.63, 3.8) is 0 Å². The van der Waals surface area contributed by atoms with E-state index in [1.165, 1.54) is 49.7 Å². The maximum absolute atomic E-state index is 5.47. The van der Waals surface area contributed by atoms with Crippen molar-refractivity contribution in [3.05, 3.63) is 59.7 Å². The summed E-state index contributed by atoms with van der Waals surface area (Å²) in [4.78, 5) is 4.58. The number of aryl methyl sites for hydroxylation is 1. The van der Waals surface area contributed by atoms with Gasteiger partial charge in [-0.3, -0.25) is 0 Å². The van der Waals surface area contributed by atoms with Gasteiger partial charge in [0.05, 0.1) is 0 Å². The first kappa shape index (κ1) is 18.0. The first-order valence-corrected chi connectivity index (χ1v) is 10.2. The van der Waals surface area contributed by atoms with Crippen molar-refractivity contribution >= 4 is 0 Å². The molecule has 1 aliphatic rings. The molecule has 3 aromatic rings. The molecule has 0 radical (unpaired) electrons. The number of aromatic nitrogens is 2. The molecule has 0 aliphatic heterocycles. The van der Waals surface area contributed by atoms with Crippen molar-refractivity contribution in [1.82, 2.24) is 10.1 Å². The molecule has 4 rings (SSSR count). The van der Waals surface area contributed by atoms with Gasteiger partial charge >= 0.3 is 0 Å². The van der Waals surface area contributed by atoms with Gasteiger partial charge in [-0.05, 0) is 62.1 Å². The largest absolute Gasteiger partial charge is 0.334 e. The van der Waals surface area contributed by atoms with Gasteiger partial charge in [0.2, 0.25) is 5.82 Å². The molecule has 0 atom stereocenters. The van der Waals surface area contributed by atoms with Crippen LogP contribution in [0.1, 0.15) is 62.5 Å². The lowest BCUT2D eigenvalue weighted by atomic mass is 9.77. The van der Waals surface area contributed by atoms with Crippen molar-refractivity contribution in [2.24, 2.45) is 5.92 Å². The topological polar surface area (TPSA) is 38.9 Å². The van der Waals surface area contributed by atoms with Crippen LogP contribution in [0.5, 0.6) is 0 Å². The average molecular weight is 361 g/mol. The minimum Gasteiger partial charge on any atom is -0.334 e. The van der Waals surface area contributed by atoms with Gasteiger partial charge in [0, 0.05) is 11.1 Å². The highest BCUT2D eigenvalue weighted by molar-refractivity contribution is 5.60. The molecule has 3 nitrogen and oxygen atoms in total. The van der Waals surface area contributed by atoms with Crippen LogP contribution in [0.25, 0.3) is 22.8 Å². The fourth-order valence-electron chi connectivity index (χ4n) is 4.25. The molecule has 1 fully saturated rings. The second kappa shape index (κ2) is 8.08. The minimum atomic E-state index is 0.573. The van der Waals surface area contributed by atoms with Crippen molar-refractivity contribution in [1.29, 1.82) is 0 Å². The Balaban J connectivity index is 1.44. The van der Waals surface area contributed by atoms with Crippen LogP contribution in [-0.2, 0) is 0 Å². The van der Waals surface area contributed by atoms with E-state index in [2.05, 4.69) is 60.4 Å². The summed E-state index contributed by atoms with van der Waals surface area (Å²) >= 11 is 0. The van der Waals surface area contributed by atoms with E-state index in [9.17, 15) is 0 Å². The summed E-state index contributed by atoms with van der Waals surface area (Å²) < 4.78 is 5.47. The Bertz CT molecular complexity index is 856. The molecule has 1 aliphatic carbocycles. The van der Waals surface area contributed by atoms with Crippen LogP contribution >= 0.6 is 0 Å². The molecule has 1 saturated carbocycles. The Morgan fingerprint density at radius 1 is 0.889 bits per heavy atom. The molecule has 1 aromatic heterocycles. The molecule has 0 unspecified atom stereocenters. The Kier molecular flexibility index (Phi) is 5.38. The standard InChI is InChI=1S/C24H28N2O/c1-3-4-18-7-11-19(12-8-18)20-13-15-21(16-14-20)23-25-24(27-26-23)22-9-5-17(2)6-10-22/h5-6,9-10,13-16,18-19H,3-4,7-8,11-12H2,1-2H3. The van der Waals surface area contributed by atoms with E-state index in [1.54, 1.807) is 0 Å². The number of nitrogens with zero attached hydrogens (tertiary/aromatic N) is 2. The second-order valence-corrected chi connectivity index (χ2v) is 7.92. The van der Waals surface area contributed by atoms with E-state index in [-0.39, 0.29) is 0 Å². The molecule has 0 saturated heterocycles. The van der Waals surface area contributed by atoms with E-state index in [1.807, 2.05) is 12.1 Å². The van der Waals surface area contributed by atoms with Crippen LogP contribution in [0, 0.1) is 12.8 Å². The van der Waals surface area contributed by atoms with Gasteiger partial charge < -0.3 is 4.52 Å². The summed E-state index contributed by atoms with van der Waals surface area (Å²) in [6.07, 6.45) is 8.12. The molecule has 0 N–H and O–H groups in total. The van der Waals surface area contributed by atoms with Crippen molar-refractivity contribution < 1.29 is 4.52 Å². The molecular weight excluding hydrogens is 332 g/mol. The Labute approximate surface area is 161 Å². The smallest absolute Gasteiger partial charge is 0.258 e. The van der Waals surface area contributed by atoms with Gasteiger partial charge in [-0.2, -0.15) is 4.98 Å². The third-order valence-corrected chi connectivity index (χ3v) is 5.91. The van der Waals surface area contributed by atoms with E-state index in [0.29, 0.717) is 17.6 Å². The normalized spacial score (nSPS) is 19.9. The number of benzene rings is 2. The minimum absolute atomic E-state index is 0.573. The zero-order valence-electron chi connectivity index (χ0n) is 16.3.